The molecule has 0 atom stereocenters. The molecule has 0 aliphatic carbocycles. The van der Waals surface area contributed by atoms with E-state index >= 15 is 0 Å². The van der Waals surface area contributed by atoms with Crippen LogP contribution in [-0.2, 0) is 9.53 Å². The van der Waals surface area contributed by atoms with Gasteiger partial charge in [-0.25, -0.2) is 4.68 Å². The zero-order valence-corrected chi connectivity index (χ0v) is 20.5. The summed E-state index contributed by atoms with van der Waals surface area (Å²) in [4.78, 5) is 27.4. The van der Waals surface area contributed by atoms with Crippen molar-refractivity contribution in [2.45, 2.75) is 19.8 Å². The van der Waals surface area contributed by atoms with Gasteiger partial charge in [0, 0.05) is 18.7 Å². The van der Waals surface area contributed by atoms with Crippen LogP contribution < -0.4 is 4.74 Å². The SMILES string of the molecule is CCOC(=O)C1CCN(C(=O)c2cc(-c3ccc(OC)cc3)nn2-c2ccc(Cl)c(Cl)c2)CC1. The minimum Gasteiger partial charge on any atom is -0.497 e. The molecule has 0 N–H and O–H groups in total. The number of nitrogens with zero attached hydrogens (tertiary/aromatic N) is 3. The number of carbonyl (C=O) groups is 2. The van der Waals surface area contributed by atoms with Crippen molar-refractivity contribution in [2.75, 3.05) is 26.8 Å². The number of ether oxygens (including phenoxy) is 2. The third kappa shape index (κ3) is 5.05. The lowest BCUT2D eigenvalue weighted by Gasteiger charge is -2.30. The summed E-state index contributed by atoms with van der Waals surface area (Å²) in [5.41, 5.74) is 2.51. The Morgan fingerprint density at radius 3 is 2.35 bits per heavy atom. The van der Waals surface area contributed by atoms with Crippen LogP contribution in [0.4, 0.5) is 0 Å². The number of likely N-dealkylation sites (tertiary alicyclic amines) is 1. The van der Waals surface area contributed by atoms with Gasteiger partial charge in [-0.05, 0) is 68.3 Å². The largest absolute Gasteiger partial charge is 0.497 e. The fourth-order valence-corrected chi connectivity index (χ4v) is 4.28. The van der Waals surface area contributed by atoms with Gasteiger partial charge < -0.3 is 14.4 Å². The molecule has 1 amide bonds. The van der Waals surface area contributed by atoms with Gasteiger partial charge in [-0.2, -0.15) is 5.10 Å². The maximum atomic E-state index is 13.6. The van der Waals surface area contributed by atoms with Gasteiger partial charge in [0.1, 0.15) is 11.4 Å². The fraction of sp³-hybridized carbons (Fsp3) is 0.320. The first kappa shape index (κ1) is 24.1. The van der Waals surface area contributed by atoms with E-state index in [1.807, 2.05) is 24.3 Å². The van der Waals surface area contributed by atoms with E-state index in [1.54, 1.807) is 47.9 Å². The number of esters is 1. The Morgan fingerprint density at radius 1 is 1.03 bits per heavy atom. The van der Waals surface area contributed by atoms with Crippen LogP contribution in [-0.4, -0.2) is 53.4 Å². The summed E-state index contributed by atoms with van der Waals surface area (Å²) in [5, 5.41) is 5.50. The van der Waals surface area contributed by atoms with Crippen LogP contribution in [0.15, 0.2) is 48.5 Å². The van der Waals surface area contributed by atoms with Crippen molar-refractivity contribution < 1.29 is 19.1 Å². The van der Waals surface area contributed by atoms with Gasteiger partial charge in [-0.3, -0.25) is 9.59 Å². The van der Waals surface area contributed by atoms with Crippen molar-refractivity contribution in [3.8, 4) is 22.7 Å². The number of hydrogen-bond acceptors (Lipinski definition) is 5. The van der Waals surface area contributed by atoms with Crippen molar-refractivity contribution in [3.05, 3.63) is 64.3 Å². The molecule has 3 aromatic rings. The number of benzene rings is 2. The second-order valence-corrected chi connectivity index (χ2v) is 8.79. The lowest BCUT2D eigenvalue weighted by Crippen LogP contribution is -2.41. The maximum Gasteiger partial charge on any atom is 0.309 e. The molecule has 2 heterocycles. The molecule has 0 bridgehead atoms. The van der Waals surface area contributed by atoms with Gasteiger partial charge in [0.15, 0.2) is 0 Å². The van der Waals surface area contributed by atoms with Gasteiger partial charge in [0.25, 0.3) is 5.91 Å². The summed E-state index contributed by atoms with van der Waals surface area (Å²) in [5.74, 6) is 0.185. The first-order valence-electron chi connectivity index (χ1n) is 11.1. The Bertz CT molecular complexity index is 1190. The zero-order valence-electron chi connectivity index (χ0n) is 19.0. The predicted molar refractivity (Wildman–Crippen MR) is 131 cm³/mol. The molecule has 1 aliphatic heterocycles. The molecule has 4 rings (SSSR count). The number of amides is 1. The Kier molecular flexibility index (Phi) is 7.44. The number of rotatable bonds is 6. The van der Waals surface area contributed by atoms with Gasteiger partial charge in [-0.15, -0.1) is 0 Å². The van der Waals surface area contributed by atoms with Crippen molar-refractivity contribution in [1.82, 2.24) is 14.7 Å². The molecular formula is C25H25Cl2N3O4. The van der Waals surface area contributed by atoms with Crippen LogP contribution in [0.25, 0.3) is 16.9 Å². The molecule has 178 valence electrons. The zero-order chi connectivity index (χ0) is 24.2. The van der Waals surface area contributed by atoms with Crippen LogP contribution in [0.3, 0.4) is 0 Å². The highest BCUT2D eigenvalue weighted by Gasteiger charge is 2.30. The quantitative estimate of drug-likeness (QED) is 0.430. The summed E-state index contributed by atoms with van der Waals surface area (Å²) < 4.78 is 12.0. The van der Waals surface area contributed by atoms with E-state index in [0.29, 0.717) is 59.7 Å². The van der Waals surface area contributed by atoms with E-state index in [-0.39, 0.29) is 17.8 Å². The molecule has 2 aromatic carbocycles. The maximum absolute atomic E-state index is 13.6. The normalized spacial score (nSPS) is 14.2. The van der Waals surface area contributed by atoms with Gasteiger partial charge in [-0.1, -0.05) is 23.2 Å². The summed E-state index contributed by atoms with van der Waals surface area (Å²) in [6, 6.07) is 14.3. The summed E-state index contributed by atoms with van der Waals surface area (Å²) >= 11 is 12.3. The van der Waals surface area contributed by atoms with Crippen LogP contribution in [0.5, 0.6) is 5.75 Å². The molecule has 0 spiro atoms. The van der Waals surface area contributed by atoms with Crippen LogP contribution >= 0.6 is 23.2 Å². The van der Waals surface area contributed by atoms with Crippen molar-refractivity contribution >= 4 is 35.1 Å². The molecule has 1 aliphatic rings. The number of hydrogen-bond donors (Lipinski definition) is 0. The molecule has 34 heavy (non-hydrogen) atoms. The highest BCUT2D eigenvalue weighted by atomic mass is 35.5. The smallest absolute Gasteiger partial charge is 0.309 e. The minimum atomic E-state index is -0.197. The second-order valence-electron chi connectivity index (χ2n) is 7.97. The molecule has 1 saturated heterocycles. The van der Waals surface area contributed by atoms with E-state index in [9.17, 15) is 9.59 Å². The summed E-state index contributed by atoms with van der Waals surface area (Å²) in [7, 11) is 1.61. The monoisotopic (exact) mass is 501 g/mol. The number of methoxy groups -OCH3 is 1. The van der Waals surface area contributed by atoms with Gasteiger partial charge in [0.2, 0.25) is 0 Å². The Morgan fingerprint density at radius 2 is 1.74 bits per heavy atom. The predicted octanol–water partition coefficient (Wildman–Crippen LogP) is 5.27. The molecule has 0 saturated carbocycles. The summed E-state index contributed by atoms with van der Waals surface area (Å²) in [6.07, 6.45) is 1.13. The van der Waals surface area contributed by atoms with Gasteiger partial charge >= 0.3 is 5.97 Å². The van der Waals surface area contributed by atoms with Crippen molar-refractivity contribution in [2.24, 2.45) is 5.92 Å². The molecule has 0 unspecified atom stereocenters. The standard InChI is InChI=1S/C25H25Cl2N3O4/c1-3-34-25(32)17-10-12-29(13-11-17)24(31)23-15-22(16-4-7-19(33-2)8-5-16)28-30(23)18-6-9-20(26)21(27)14-18/h4-9,14-15,17H,3,10-13H2,1-2H3. The molecular weight excluding hydrogens is 477 g/mol. The fourth-order valence-electron chi connectivity index (χ4n) is 3.99. The highest BCUT2D eigenvalue weighted by Crippen LogP contribution is 2.29. The van der Waals surface area contributed by atoms with E-state index in [4.69, 9.17) is 37.8 Å². The topological polar surface area (TPSA) is 73.7 Å². The Balaban J connectivity index is 1.66. The number of piperidine rings is 1. The number of halogens is 2. The lowest BCUT2D eigenvalue weighted by atomic mass is 9.97. The molecule has 1 fully saturated rings. The third-order valence-electron chi connectivity index (χ3n) is 5.86. The van der Waals surface area contributed by atoms with E-state index in [0.717, 1.165) is 11.3 Å². The second kappa shape index (κ2) is 10.5. The average Bonchev–Trinajstić information content (AvgIpc) is 3.31. The molecule has 7 nitrogen and oxygen atoms in total. The first-order valence-corrected chi connectivity index (χ1v) is 11.8. The van der Waals surface area contributed by atoms with E-state index < -0.39 is 0 Å². The third-order valence-corrected chi connectivity index (χ3v) is 6.60. The number of aromatic nitrogens is 2. The number of carbonyl (C=O) groups excluding carboxylic acids is 2. The van der Waals surface area contributed by atoms with Crippen molar-refractivity contribution in [3.63, 3.8) is 0 Å². The minimum absolute atomic E-state index is 0.166. The Hall–Kier alpha value is -3.03. The molecule has 9 heteroatoms. The highest BCUT2D eigenvalue weighted by molar-refractivity contribution is 6.42. The van der Waals surface area contributed by atoms with Gasteiger partial charge in [0.05, 0.1) is 41.1 Å². The summed E-state index contributed by atoms with van der Waals surface area (Å²) in [6.45, 7) is 3.08. The molecule has 0 radical (unpaired) electrons. The van der Waals surface area contributed by atoms with Crippen LogP contribution in [0, 0.1) is 5.92 Å². The van der Waals surface area contributed by atoms with Crippen molar-refractivity contribution in [1.29, 1.82) is 0 Å². The first-order chi connectivity index (χ1) is 16.4. The Labute approximate surface area is 208 Å². The van der Waals surface area contributed by atoms with E-state index in [2.05, 4.69) is 0 Å². The van der Waals surface area contributed by atoms with Crippen LogP contribution in [0.2, 0.25) is 10.0 Å². The van der Waals surface area contributed by atoms with E-state index in [1.165, 1.54) is 0 Å². The average molecular weight is 502 g/mol. The lowest BCUT2D eigenvalue weighted by molar-refractivity contribution is -0.149. The molecule has 1 aromatic heterocycles. The van der Waals surface area contributed by atoms with Crippen LogP contribution in [0.1, 0.15) is 30.3 Å².